The van der Waals surface area contributed by atoms with E-state index in [9.17, 15) is 13.2 Å². The molecule has 0 aromatic heterocycles. The second-order valence-corrected chi connectivity index (χ2v) is 2.81. The van der Waals surface area contributed by atoms with Gasteiger partial charge in [-0.3, -0.25) is 0 Å². The molecule has 1 aliphatic rings. The van der Waals surface area contributed by atoms with Crippen molar-refractivity contribution in [1.29, 1.82) is 0 Å². The maximum absolute atomic E-state index is 12.2. The van der Waals surface area contributed by atoms with Crippen LogP contribution in [0, 0.1) is 0 Å². The number of fused-ring (bicyclic) bond motifs is 1. The van der Waals surface area contributed by atoms with Gasteiger partial charge in [-0.2, -0.15) is 13.2 Å². The number of anilines is 2. The van der Waals surface area contributed by atoms with Crippen molar-refractivity contribution in [3.05, 3.63) is 24.3 Å². The van der Waals surface area contributed by atoms with E-state index in [1.54, 1.807) is 24.3 Å². The van der Waals surface area contributed by atoms with Crippen LogP contribution in [0.3, 0.4) is 0 Å². The van der Waals surface area contributed by atoms with Gasteiger partial charge in [-0.25, -0.2) is 0 Å². The van der Waals surface area contributed by atoms with Crippen molar-refractivity contribution in [2.24, 2.45) is 0 Å². The lowest BCUT2D eigenvalue weighted by Gasteiger charge is -2.15. The van der Waals surface area contributed by atoms with Gasteiger partial charge in [0, 0.05) is 0 Å². The minimum Gasteiger partial charge on any atom is -0.356 e. The molecule has 0 bridgehead atoms. The summed E-state index contributed by atoms with van der Waals surface area (Å²) in [6.45, 7) is 0. The van der Waals surface area contributed by atoms with Crippen LogP contribution in [0.15, 0.2) is 24.3 Å². The number of hydrogen-bond donors (Lipinski definition) is 2. The summed E-state index contributed by atoms with van der Waals surface area (Å²) in [5.74, 6) is 0. The van der Waals surface area contributed by atoms with E-state index in [1.807, 2.05) is 0 Å². The monoisotopic (exact) mass is 188 g/mol. The van der Waals surface area contributed by atoms with Crippen LogP contribution >= 0.6 is 0 Å². The average molecular weight is 188 g/mol. The van der Waals surface area contributed by atoms with Gasteiger partial charge in [0.25, 0.3) is 0 Å². The normalized spacial score (nSPS) is 16.2. The Hall–Kier alpha value is -1.39. The Kier molecular flexibility index (Phi) is 1.61. The van der Waals surface area contributed by atoms with E-state index < -0.39 is 12.3 Å². The second-order valence-electron chi connectivity index (χ2n) is 2.81. The highest BCUT2D eigenvalue weighted by atomic mass is 19.4. The number of alkyl halides is 3. The Morgan fingerprint density at radius 2 is 1.46 bits per heavy atom. The van der Waals surface area contributed by atoms with Crippen molar-refractivity contribution in [2.75, 3.05) is 10.6 Å². The summed E-state index contributed by atoms with van der Waals surface area (Å²) < 4.78 is 36.6. The second kappa shape index (κ2) is 2.55. The van der Waals surface area contributed by atoms with Gasteiger partial charge in [0.05, 0.1) is 11.4 Å². The molecule has 0 saturated heterocycles. The number of halogens is 3. The molecule has 0 atom stereocenters. The van der Waals surface area contributed by atoms with Crippen molar-refractivity contribution in [2.45, 2.75) is 12.3 Å². The first-order chi connectivity index (χ1) is 6.07. The molecule has 0 amide bonds. The van der Waals surface area contributed by atoms with Gasteiger partial charge in [0.1, 0.15) is 0 Å². The first kappa shape index (κ1) is 8.22. The first-order valence-electron chi connectivity index (χ1n) is 3.76. The van der Waals surface area contributed by atoms with Crippen LogP contribution in [0.2, 0.25) is 0 Å². The molecule has 0 radical (unpaired) electrons. The summed E-state index contributed by atoms with van der Waals surface area (Å²) in [4.78, 5) is 0. The Labute approximate surface area is 72.8 Å². The molecule has 1 aromatic carbocycles. The molecule has 0 unspecified atom stereocenters. The van der Waals surface area contributed by atoms with Gasteiger partial charge in [-0.15, -0.1) is 0 Å². The fourth-order valence-electron chi connectivity index (χ4n) is 1.25. The number of nitrogens with one attached hydrogen (secondary N) is 2. The van der Waals surface area contributed by atoms with Gasteiger partial charge in [0.15, 0.2) is 6.17 Å². The topological polar surface area (TPSA) is 24.1 Å². The standard InChI is InChI=1S/C8H7F3N2/c9-8(10,11)7-12-5-3-1-2-4-6(5)13-7/h1-4,7,12-13H. The zero-order chi connectivity index (χ0) is 9.47. The summed E-state index contributed by atoms with van der Waals surface area (Å²) in [5.41, 5.74) is 0.981. The molecule has 2 rings (SSSR count). The highest BCUT2D eigenvalue weighted by molar-refractivity contribution is 5.74. The maximum atomic E-state index is 12.2. The fourth-order valence-corrected chi connectivity index (χ4v) is 1.25. The van der Waals surface area contributed by atoms with Crippen molar-refractivity contribution in [3.8, 4) is 0 Å². The smallest absolute Gasteiger partial charge is 0.356 e. The van der Waals surface area contributed by atoms with Crippen molar-refractivity contribution >= 4 is 11.4 Å². The Morgan fingerprint density at radius 1 is 1.00 bits per heavy atom. The van der Waals surface area contributed by atoms with E-state index in [0.717, 1.165) is 0 Å². The third kappa shape index (κ3) is 1.41. The van der Waals surface area contributed by atoms with Gasteiger partial charge in [-0.1, -0.05) is 12.1 Å². The SMILES string of the molecule is FC(F)(F)C1Nc2ccccc2N1. The van der Waals surface area contributed by atoms with E-state index >= 15 is 0 Å². The molecule has 0 saturated carbocycles. The fraction of sp³-hybridized carbons (Fsp3) is 0.250. The number of rotatable bonds is 0. The highest BCUT2D eigenvalue weighted by Crippen LogP contribution is 2.34. The lowest BCUT2D eigenvalue weighted by atomic mass is 10.3. The molecule has 0 spiro atoms. The van der Waals surface area contributed by atoms with Crippen LogP contribution in [0.4, 0.5) is 24.5 Å². The number of benzene rings is 1. The molecular formula is C8H7F3N2. The van der Waals surface area contributed by atoms with E-state index in [4.69, 9.17) is 0 Å². The van der Waals surface area contributed by atoms with Gasteiger partial charge in [0.2, 0.25) is 0 Å². The predicted octanol–water partition coefficient (Wildman–Crippen LogP) is 2.41. The molecule has 70 valence electrons. The molecule has 0 aliphatic carbocycles. The van der Waals surface area contributed by atoms with Crippen LogP contribution in [-0.2, 0) is 0 Å². The molecular weight excluding hydrogens is 181 g/mol. The average Bonchev–Trinajstić information content (AvgIpc) is 2.45. The molecule has 2 nitrogen and oxygen atoms in total. The van der Waals surface area contributed by atoms with Crippen LogP contribution in [0.1, 0.15) is 0 Å². The van der Waals surface area contributed by atoms with Gasteiger partial charge in [-0.05, 0) is 12.1 Å². The van der Waals surface area contributed by atoms with Crippen LogP contribution in [-0.4, -0.2) is 12.3 Å². The van der Waals surface area contributed by atoms with E-state index in [1.165, 1.54) is 0 Å². The molecule has 5 heteroatoms. The zero-order valence-corrected chi connectivity index (χ0v) is 6.52. The maximum Gasteiger partial charge on any atom is 0.427 e. The van der Waals surface area contributed by atoms with Crippen LogP contribution in [0.5, 0.6) is 0 Å². The third-order valence-electron chi connectivity index (χ3n) is 1.85. The van der Waals surface area contributed by atoms with Gasteiger partial charge < -0.3 is 10.6 Å². The van der Waals surface area contributed by atoms with Crippen molar-refractivity contribution in [1.82, 2.24) is 0 Å². The minimum atomic E-state index is -4.26. The van der Waals surface area contributed by atoms with Crippen molar-refractivity contribution in [3.63, 3.8) is 0 Å². The number of para-hydroxylation sites is 2. The Bertz CT molecular complexity index is 296. The van der Waals surface area contributed by atoms with E-state index in [2.05, 4.69) is 10.6 Å². The highest BCUT2D eigenvalue weighted by Gasteiger charge is 2.42. The lowest BCUT2D eigenvalue weighted by molar-refractivity contribution is -0.135. The molecule has 0 fully saturated rings. The van der Waals surface area contributed by atoms with Gasteiger partial charge >= 0.3 is 6.18 Å². The molecule has 1 aliphatic heterocycles. The predicted molar refractivity (Wildman–Crippen MR) is 43.5 cm³/mol. The summed E-state index contributed by atoms with van der Waals surface area (Å²) in [6, 6.07) is 6.58. The summed E-state index contributed by atoms with van der Waals surface area (Å²) in [7, 11) is 0. The van der Waals surface area contributed by atoms with E-state index in [0.29, 0.717) is 11.4 Å². The molecule has 1 heterocycles. The Balaban J connectivity index is 2.23. The van der Waals surface area contributed by atoms with Crippen LogP contribution in [0.25, 0.3) is 0 Å². The largest absolute Gasteiger partial charge is 0.427 e. The van der Waals surface area contributed by atoms with E-state index in [-0.39, 0.29) is 0 Å². The molecule has 2 N–H and O–H groups in total. The summed E-state index contributed by atoms with van der Waals surface area (Å²) in [5, 5.41) is 4.68. The summed E-state index contributed by atoms with van der Waals surface area (Å²) in [6.07, 6.45) is -5.93. The summed E-state index contributed by atoms with van der Waals surface area (Å²) >= 11 is 0. The minimum absolute atomic E-state index is 0.491. The van der Waals surface area contributed by atoms with Crippen LogP contribution < -0.4 is 10.6 Å². The molecule has 1 aromatic rings. The first-order valence-corrected chi connectivity index (χ1v) is 3.76. The van der Waals surface area contributed by atoms with Crippen molar-refractivity contribution < 1.29 is 13.2 Å². The molecule has 13 heavy (non-hydrogen) atoms. The Morgan fingerprint density at radius 3 is 1.85 bits per heavy atom. The quantitative estimate of drug-likeness (QED) is 0.653. The lowest BCUT2D eigenvalue weighted by Crippen LogP contribution is -2.38. The zero-order valence-electron chi connectivity index (χ0n) is 6.52. The third-order valence-corrected chi connectivity index (χ3v) is 1.85. The number of hydrogen-bond acceptors (Lipinski definition) is 2.